The zero-order valence-corrected chi connectivity index (χ0v) is 9.78. The molecule has 1 saturated heterocycles. The van der Waals surface area contributed by atoms with E-state index in [2.05, 4.69) is 15.1 Å². The Morgan fingerprint density at radius 1 is 1.59 bits per heavy atom. The molecule has 2 heterocycles. The lowest BCUT2D eigenvalue weighted by atomic mass is 10.2. The van der Waals surface area contributed by atoms with Gasteiger partial charge in [-0.1, -0.05) is 0 Å². The maximum absolute atomic E-state index is 10.8. The summed E-state index contributed by atoms with van der Waals surface area (Å²) in [5.74, 6) is 0. The van der Waals surface area contributed by atoms with Gasteiger partial charge in [0.1, 0.15) is 0 Å². The quantitative estimate of drug-likeness (QED) is 0.817. The van der Waals surface area contributed by atoms with E-state index in [4.69, 9.17) is 5.11 Å². The Morgan fingerprint density at radius 2 is 2.41 bits per heavy atom. The zero-order chi connectivity index (χ0) is 12.3. The predicted octanol–water partition coefficient (Wildman–Crippen LogP) is 0.661. The molecule has 1 aromatic heterocycles. The van der Waals surface area contributed by atoms with Crippen LogP contribution in [0.2, 0.25) is 0 Å². The number of rotatable bonds is 2. The fourth-order valence-corrected chi connectivity index (χ4v) is 2.03. The van der Waals surface area contributed by atoms with Gasteiger partial charge in [0, 0.05) is 38.4 Å². The van der Waals surface area contributed by atoms with Gasteiger partial charge in [0.2, 0.25) is 0 Å². The Hall–Kier alpha value is -1.69. The molecule has 1 aromatic rings. The van der Waals surface area contributed by atoms with Gasteiger partial charge in [0.25, 0.3) is 0 Å². The Morgan fingerprint density at radius 3 is 3.00 bits per heavy atom. The molecular weight excluding hydrogens is 220 g/mol. The minimum atomic E-state index is -0.837. The summed E-state index contributed by atoms with van der Waals surface area (Å²) in [7, 11) is 0. The van der Waals surface area contributed by atoms with Crippen molar-refractivity contribution in [1.29, 1.82) is 0 Å². The lowest BCUT2D eigenvalue weighted by molar-refractivity contribution is 0.0704. The molecule has 0 bridgehead atoms. The highest BCUT2D eigenvalue weighted by Crippen LogP contribution is 2.12. The van der Waals surface area contributed by atoms with Crippen LogP contribution in [0, 0.1) is 0 Å². The summed E-state index contributed by atoms with van der Waals surface area (Å²) in [6.45, 7) is 4.60. The summed E-state index contributed by atoms with van der Waals surface area (Å²) in [6.07, 6.45) is 0.811. The second-order valence-corrected chi connectivity index (χ2v) is 4.26. The number of hydrogen-bond acceptors (Lipinski definition) is 4. The molecule has 1 N–H and O–H groups in total. The van der Waals surface area contributed by atoms with E-state index in [1.165, 1.54) is 4.90 Å². The second-order valence-electron chi connectivity index (χ2n) is 4.26. The molecule has 0 radical (unpaired) electrons. The van der Waals surface area contributed by atoms with Crippen molar-refractivity contribution >= 4 is 6.09 Å². The molecule has 92 valence electrons. The van der Waals surface area contributed by atoms with Crippen LogP contribution >= 0.6 is 0 Å². The number of carbonyl (C=O) groups is 1. The molecule has 6 nitrogen and oxygen atoms in total. The molecular formula is C11H16N4O2. The van der Waals surface area contributed by atoms with Crippen molar-refractivity contribution in [3.8, 4) is 0 Å². The maximum Gasteiger partial charge on any atom is 0.407 e. The fourth-order valence-electron chi connectivity index (χ4n) is 2.03. The molecule has 17 heavy (non-hydrogen) atoms. The molecule has 1 atom stereocenters. The Balaban J connectivity index is 1.94. The number of aromatic nitrogens is 2. The van der Waals surface area contributed by atoms with Gasteiger partial charge >= 0.3 is 6.09 Å². The molecule has 0 saturated carbocycles. The van der Waals surface area contributed by atoms with Crippen molar-refractivity contribution in [3.63, 3.8) is 0 Å². The first-order valence-corrected chi connectivity index (χ1v) is 5.65. The minimum absolute atomic E-state index is 0.210. The average Bonchev–Trinajstić information content (AvgIpc) is 2.33. The van der Waals surface area contributed by atoms with Gasteiger partial charge in [-0.15, -0.1) is 0 Å². The molecule has 6 heteroatoms. The number of carboxylic acid groups (broad SMARTS) is 1. The van der Waals surface area contributed by atoms with E-state index in [0.717, 1.165) is 18.8 Å². The van der Waals surface area contributed by atoms with Crippen LogP contribution in [0.5, 0.6) is 0 Å². The van der Waals surface area contributed by atoms with Crippen molar-refractivity contribution in [1.82, 2.24) is 20.0 Å². The van der Waals surface area contributed by atoms with E-state index in [1.54, 1.807) is 6.20 Å². The van der Waals surface area contributed by atoms with Crippen LogP contribution in [0.15, 0.2) is 18.3 Å². The van der Waals surface area contributed by atoms with Crippen LogP contribution < -0.4 is 0 Å². The maximum atomic E-state index is 10.8. The van der Waals surface area contributed by atoms with E-state index in [9.17, 15) is 4.79 Å². The van der Waals surface area contributed by atoms with E-state index in [-0.39, 0.29) is 6.04 Å². The third kappa shape index (κ3) is 2.91. The standard InChI is InChI=1S/C11H16N4O2/c1-9-7-15(11(16)17)6-5-14(9)8-10-3-2-4-12-13-10/h2-4,9H,5-8H2,1H3,(H,16,17)/t9-/m1/s1. The second kappa shape index (κ2) is 5.09. The molecule has 0 spiro atoms. The SMILES string of the molecule is C[C@@H]1CN(C(=O)O)CCN1Cc1cccnn1. The largest absolute Gasteiger partial charge is 0.465 e. The predicted molar refractivity (Wildman–Crippen MR) is 61.5 cm³/mol. The van der Waals surface area contributed by atoms with Crippen LogP contribution in [0.25, 0.3) is 0 Å². The lowest BCUT2D eigenvalue weighted by Crippen LogP contribution is -2.52. The summed E-state index contributed by atoms with van der Waals surface area (Å²) >= 11 is 0. The van der Waals surface area contributed by atoms with Crippen LogP contribution in [0.3, 0.4) is 0 Å². The first kappa shape index (κ1) is 11.8. The summed E-state index contributed by atoms with van der Waals surface area (Å²) in [4.78, 5) is 14.5. The highest BCUT2D eigenvalue weighted by atomic mass is 16.4. The molecule has 2 rings (SSSR count). The monoisotopic (exact) mass is 236 g/mol. The van der Waals surface area contributed by atoms with Crippen molar-refractivity contribution in [2.75, 3.05) is 19.6 Å². The molecule has 0 unspecified atom stereocenters. The van der Waals surface area contributed by atoms with Crippen LogP contribution in [-0.2, 0) is 6.54 Å². The van der Waals surface area contributed by atoms with Crippen LogP contribution in [0.1, 0.15) is 12.6 Å². The van der Waals surface area contributed by atoms with E-state index in [0.29, 0.717) is 13.1 Å². The highest BCUT2D eigenvalue weighted by Gasteiger charge is 2.26. The Labute approximate surface area is 99.9 Å². The third-order valence-electron chi connectivity index (χ3n) is 3.03. The number of piperazine rings is 1. The minimum Gasteiger partial charge on any atom is -0.465 e. The molecule has 1 aliphatic rings. The fraction of sp³-hybridized carbons (Fsp3) is 0.545. The summed E-state index contributed by atoms with van der Waals surface area (Å²) in [6, 6.07) is 4.01. The molecule has 1 fully saturated rings. The summed E-state index contributed by atoms with van der Waals surface area (Å²) in [5.41, 5.74) is 0.920. The van der Waals surface area contributed by atoms with Gasteiger partial charge in [-0.2, -0.15) is 10.2 Å². The van der Waals surface area contributed by atoms with Crippen molar-refractivity contribution in [3.05, 3.63) is 24.0 Å². The molecule has 1 aliphatic heterocycles. The Bertz CT molecular complexity index is 384. The number of hydrogen-bond donors (Lipinski definition) is 1. The van der Waals surface area contributed by atoms with Crippen molar-refractivity contribution in [2.24, 2.45) is 0 Å². The van der Waals surface area contributed by atoms with Gasteiger partial charge < -0.3 is 10.0 Å². The normalized spacial score (nSPS) is 21.5. The van der Waals surface area contributed by atoms with Gasteiger partial charge in [-0.25, -0.2) is 4.79 Å². The number of amides is 1. The highest BCUT2D eigenvalue weighted by molar-refractivity contribution is 5.65. The lowest BCUT2D eigenvalue weighted by Gasteiger charge is -2.38. The van der Waals surface area contributed by atoms with E-state index >= 15 is 0 Å². The van der Waals surface area contributed by atoms with E-state index in [1.807, 2.05) is 19.1 Å². The first-order valence-electron chi connectivity index (χ1n) is 5.65. The van der Waals surface area contributed by atoms with Gasteiger partial charge in [0.15, 0.2) is 0 Å². The van der Waals surface area contributed by atoms with Gasteiger partial charge in [-0.05, 0) is 19.1 Å². The topological polar surface area (TPSA) is 69.6 Å². The third-order valence-corrected chi connectivity index (χ3v) is 3.03. The molecule has 1 amide bonds. The molecule has 0 aliphatic carbocycles. The first-order chi connectivity index (χ1) is 8.16. The van der Waals surface area contributed by atoms with Crippen LogP contribution in [-0.4, -0.2) is 56.9 Å². The zero-order valence-electron chi connectivity index (χ0n) is 9.78. The van der Waals surface area contributed by atoms with Gasteiger partial charge in [-0.3, -0.25) is 4.90 Å². The van der Waals surface area contributed by atoms with Crippen molar-refractivity contribution in [2.45, 2.75) is 19.5 Å². The molecule has 0 aromatic carbocycles. The summed E-state index contributed by atoms with van der Waals surface area (Å²) < 4.78 is 0. The summed E-state index contributed by atoms with van der Waals surface area (Å²) in [5, 5.41) is 16.8. The smallest absolute Gasteiger partial charge is 0.407 e. The van der Waals surface area contributed by atoms with E-state index < -0.39 is 6.09 Å². The number of nitrogens with zero attached hydrogens (tertiary/aromatic N) is 4. The van der Waals surface area contributed by atoms with Crippen LogP contribution in [0.4, 0.5) is 4.79 Å². The Kier molecular flexibility index (Phi) is 3.53. The van der Waals surface area contributed by atoms with Gasteiger partial charge in [0.05, 0.1) is 5.69 Å². The van der Waals surface area contributed by atoms with Crippen molar-refractivity contribution < 1.29 is 9.90 Å². The average molecular weight is 236 g/mol.